The van der Waals surface area contributed by atoms with Gasteiger partial charge in [0, 0.05) is 14.7 Å². The quantitative estimate of drug-likeness (QED) is 0.180. The highest BCUT2D eigenvalue weighted by Crippen LogP contribution is 2.32. The molecule has 1 aromatic heterocycles. The van der Waals surface area contributed by atoms with E-state index in [2.05, 4.69) is 29.9 Å². The van der Waals surface area contributed by atoms with Gasteiger partial charge in [0.1, 0.15) is 11.7 Å². The number of nitrogens with one attached hydrogen (secondary N) is 1. The Bertz CT molecular complexity index is 1140. The van der Waals surface area contributed by atoms with E-state index in [1.54, 1.807) is 0 Å². The molecule has 1 N–H and O–H groups in total. The number of aromatic nitrogens is 2. The van der Waals surface area contributed by atoms with E-state index in [9.17, 15) is 22.0 Å². The largest absolute Gasteiger partial charge is 0.416 e. The number of hydrogen-bond acceptors (Lipinski definition) is 3. The van der Waals surface area contributed by atoms with E-state index in [0.29, 0.717) is 12.1 Å². The molecule has 0 radical (unpaired) electrons. The number of fused-ring (bicyclic) bond motifs is 1. The summed E-state index contributed by atoms with van der Waals surface area (Å²) in [4.78, 5) is 4.16. The Kier molecular flexibility index (Phi) is 7.01. The van der Waals surface area contributed by atoms with Crippen LogP contribution in [0.3, 0.4) is 0 Å². The second kappa shape index (κ2) is 9.24. The van der Waals surface area contributed by atoms with Gasteiger partial charge in [-0.25, -0.2) is 13.8 Å². The average molecular weight is 488 g/mol. The van der Waals surface area contributed by atoms with Crippen molar-refractivity contribution in [2.45, 2.75) is 38.6 Å². The molecule has 172 valence electrons. The van der Waals surface area contributed by atoms with Crippen molar-refractivity contribution in [3.8, 4) is 0 Å². The number of nitrogens with zero attached hydrogens (tertiary/aromatic N) is 2. The summed E-state index contributed by atoms with van der Waals surface area (Å²) >= 11 is 5.32. The molecule has 0 fully saturated rings. The normalized spacial score (nSPS) is 12.4. The molecule has 0 saturated carbocycles. The lowest BCUT2D eigenvalue weighted by molar-refractivity contribution is -0.137. The number of benzene rings is 2. The van der Waals surface area contributed by atoms with Gasteiger partial charge in [0.15, 0.2) is 17.5 Å². The van der Waals surface area contributed by atoms with Gasteiger partial charge in [-0.05, 0) is 36.4 Å². The van der Waals surface area contributed by atoms with Crippen LogP contribution in [0.1, 0.15) is 11.4 Å². The first-order valence-corrected chi connectivity index (χ1v) is 13.9. The Morgan fingerprint density at radius 1 is 1.16 bits per heavy atom. The third kappa shape index (κ3) is 5.70. The Morgan fingerprint density at radius 2 is 1.88 bits per heavy atom. The van der Waals surface area contributed by atoms with Crippen LogP contribution in [0.4, 0.5) is 27.6 Å². The molecule has 0 amide bonds. The molecule has 0 bridgehead atoms. The van der Waals surface area contributed by atoms with Gasteiger partial charge in [0.2, 0.25) is 0 Å². The molecule has 32 heavy (non-hydrogen) atoms. The van der Waals surface area contributed by atoms with Crippen molar-refractivity contribution in [1.82, 2.24) is 9.55 Å². The summed E-state index contributed by atoms with van der Waals surface area (Å²) < 4.78 is 74.3. The molecule has 4 nitrogen and oxygen atoms in total. The van der Waals surface area contributed by atoms with Crippen molar-refractivity contribution in [3.63, 3.8) is 0 Å². The van der Waals surface area contributed by atoms with Crippen molar-refractivity contribution in [3.05, 3.63) is 59.4 Å². The fourth-order valence-corrected chi connectivity index (χ4v) is 3.95. The summed E-state index contributed by atoms with van der Waals surface area (Å²) in [5.41, 5.74) is -0.613. The zero-order valence-electron chi connectivity index (χ0n) is 17.7. The molecule has 1 heterocycles. The van der Waals surface area contributed by atoms with Crippen LogP contribution in [0.25, 0.3) is 11.0 Å². The summed E-state index contributed by atoms with van der Waals surface area (Å²) in [5, 5.41) is 2.59. The highest BCUT2D eigenvalue weighted by atomic mass is 32.1. The average Bonchev–Trinajstić information content (AvgIpc) is 3.05. The fraction of sp³-hybridized carbons (Fsp3) is 0.333. The number of alkyl halides is 3. The highest BCUT2D eigenvalue weighted by molar-refractivity contribution is 7.81. The molecule has 0 spiro atoms. The van der Waals surface area contributed by atoms with Gasteiger partial charge in [0.05, 0.1) is 22.3 Å². The molecule has 0 aliphatic rings. The van der Waals surface area contributed by atoms with Crippen molar-refractivity contribution >= 4 is 42.0 Å². The molecule has 0 saturated heterocycles. The number of rotatable bonds is 7. The van der Waals surface area contributed by atoms with E-state index in [4.69, 9.17) is 17.0 Å². The van der Waals surface area contributed by atoms with Crippen molar-refractivity contribution in [1.29, 1.82) is 0 Å². The van der Waals surface area contributed by atoms with Crippen LogP contribution in [0.2, 0.25) is 25.7 Å². The minimum atomic E-state index is -4.53. The standard InChI is InChI=1S/C21H22F5N3OSSi/c1-32(2,3)10-9-30-12-29-17-8-7-13(21(24,25)26)11-16(17)27-19(29)20(31)28-15-6-4-5-14(22)18(15)23/h4-8,11H,9-10,12H2,1-3H3,(H,28,31). The molecule has 2 aromatic carbocycles. The Labute approximate surface area is 188 Å². The summed E-state index contributed by atoms with van der Waals surface area (Å²) in [6, 6.07) is 7.62. The number of imidazole rings is 1. The lowest BCUT2D eigenvalue weighted by Crippen LogP contribution is -2.23. The van der Waals surface area contributed by atoms with Gasteiger partial charge in [-0.3, -0.25) is 4.57 Å². The van der Waals surface area contributed by atoms with Gasteiger partial charge in [0.25, 0.3) is 0 Å². The maximum Gasteiger partial charge on any atom is 0.416 e. The van der Waals surface area contributed by atoms with Gasteiger partial charge < -0.3 is 10.1 Å². The van der Waals surface area contributed by atoms with E-state index in [0.717, 1.165) is 24.2 Å². The third-order valence-electron chi connectivity index (χ3n) is 4.70. The van der Waals surface area contributed by atoms with Gasteiger partial charge >= 0.3 is 6.18 Å². The second-order valence-corrected chi connectivity index (χ2v) is 14.5. The van der Waals surface area contributed by atoms with Crippen LogP contribution in [0, 0.1) is 11.6 Å². The highest BCUT2D eigenvalue weighted by Gasteiger charge is 2.31. The summed E-state index contributed by atoms with van der Waals surface area (Å²) in [6.45, 7) is 7.04. The molecule has 11 heteroatoms. The maximum absolute atomic E-state index is 14.1. The molecule has 0 aliphatic heterocycles. The van der Waals surface area contributed by atoms with E-state index in [1.807, 2.05) is 0 Å². The van der Waals surface area contributed by atoms with E-state index in [-0.39, 0.29) is 28.7 Å². The van der Waals surface area contributed by atoms with Crippen molar-refractivity contribution in [2.75, 3.05) is 11.9 Å². The maximum atomic E-state index is 14.1. The van der Waals surface area contributed by atoms with E-state index < -0.39 is 31.4 Å². The first kappa shape index (κ1) is 24.3. The first-order chi connectivity index (χ1) is 14.9. The lowest BCUT2D eigenvalue weighted by Gasteiger charge is -2.17. The van der Waals surface area contributed by atoms with Crippen molar-refractivity contribution in [2.24, 2.45) is 0 Å². The number of halogens is 5. The monoisotopic (exact) mass is 487 g/mol. The number of ether oxygens (including phenoxy) is 1. The van der Waals surface area contributed by atoms with Crippen molar-refractivity contribution < 1.29 is 26.7 Å². The molecular formula is C21H22F5N3OSSi. The smallest absolute Gasteiger partial charge is 0.361 e. The molecule has 3 aromatic rings. The zero-order chi connectivity index (χ0) is 23.7. The topological polar surface area (TPSA) is 39.1 Å². The number of thiocarbonyl (C=S) groups is 1. The predicted molar refractivity (Wildman–Crippen MR) is 121 cm³/mol. The molecule has 0 atom stereocenters. The Hall–Kier alpha value is -2.37. The Morgan fingerprint density at radius 3 is 2.53 bits per heavy atom. The Balaban J connectivity index is 1.96. The fourth-order valence-electron chi connectivity index (χ4n) is 2.92. The van der Waals surface area contributed by atoms with Crippen LogP contribution in [-0.4, -0.2) is 29.2 Å². The SMILES string of the molecule is C[Si](C)(C)CCOCn1c(C(=S)Nc2cccc(F)c2F)nc2cc(C(F)(F)F)ccc21. The minimum absolute atomic E-state index is 0.00483. The molecule has 0 unspecified atom stereocenters. The first-order valence-electron chi connectivity index (χ1n) is 9.77. The molecule has 0 aliphatic carbocycles. The number of anilines is 1. The third-order valence-corrected chi connectivity index (χ3v) is 6.68. The summed E-state index contributed by atoms with van der Waals surface area (Å²) in [5.74, 6) is -2.09. The van der Waals surface area contributed by atoms with Crippen LogP contribution < -0.4 is 5.32 Å². The second-order valence-electron chi connectivity index (χ2n) is 8.47. The number of hydrogen-bond donors (Lipinski definition) is 1. The van der Waals surface area contributed by atoms with Gasteiger partial charge in [-0.1, -0.05) is 37.9 Å². The zero-order valence-corrected chi connectivity index (χ0v) is 19.5. The van der Waals surface area contributed by atoms with Gasteiger partial charge in [-0.15, -0.1) is 0 Å². The van der Waals surface area contributed by atoms with Crippen LogP contribution in [0.15, 0.2) is 36.4 Å². The minimum Gasteiger partial charge on any atom is -0.361 e. The van der Waals surface area contributed by atoms with Gasteiger partial charge in [-0.2, -0.15) is 13.2 Å². The van der Waals surface area contributed by atoms with E-state index in [1.165, 1.54) is 22.8 Å². The van der Waals surface area contributed by atoms with Crippen LogP contribution in [-0.2, 0) is 17.6 Å². The van der Waals surface area contributed by atoms with E-state index >= 15 is 0 Å². The lowest BCUT2D eigenvalue weighted by atomic mass is 10.2. The summed E-state index contributed by atoms with van der Waals surface area (Å²) in [7, 11) is -1.35. The molecule has 3 rings (SSSR count). The summed E-state index contributed by atoms with van der Waals surface area (Å²) in [6.07, 6.45) is -4.53. The van der Waals surface area contributed by atoms with Crippen LogP contribution >= 0.6 is 12.2 Å². The van der Waals surface area contributed by atoms with Crippen LogP contribution in [0.5, 0.6) is 0 Å². The molecular weight excluding hydrogens is 465 g/mol. The predicted octanol–water partition coefficient (Wildman–Crippen LogP) is 6.43.